The highest BCUT2D eigenvalue weighted by atomic mass is 32.2. The second kappa shape index (κ2) is 4.99. The maximum Gasteiger partial charge on any atom is 0.260 e. The summed E-state index contributed by atoms with van der Waals surface area (Å²) in [6, 6.07) is 1.26. The summed E-state index contributed by atoms with van der Waals surface area (Å²) in [7, 11) is -1.85. The number of hydrogen-bond acceptors (Lipinski definition) is 4. The molecule has 1 aliphatic heterocycles. The van der Waals surface area contributed by atoms with Crippen molar-refractivity contribution >= 4 is 10.0 Å². The molecule has 2 atom stereocenters. The Balaban J connectivity index is 2.36. The molecule has 2 N–H and O–H groups in total. The molecule has 6 nitrogen and oxygen atoms in total. The number of nitrogens with zero attached hydrogens (tertiary/aromatic N) is 3. The third-order valence-electron chi connectivity index (χ3n) is 3.45. The van der Waals surface area contributed by atoms with E-state index in [1.165, 1.54) is 21.3 Å². The largest absolute Gasteiger partial charge is 0.326 e. The van der Waals surface area contributed by atoms with E-state index >= 15 is 0 Å². The summed E-state index contributed by atoms with van der Waals surface area (Å²) < 4.78 is 28.1. The topological polar surface area (TPSA) is 81.2 Å². The molecule has 0 amide bonds. The van der Waals surface area contributed by atoms with Crippen molar-refractivity contribution in [1.29, 1.82) is 0 Å². The predicted octanol–water partition coefficient (Wildman–Crippen LogP) is 0.311. The average molecular weight is 272 g/mol. The van der Waals surface area contributed by atoms with Crippen molar-refractivity contribution in [2.75, 3.05) is 6.54 Å². The van der Waals surface area contributed by atoms with Crippen molar-refractivity contribution in [3.8, 4) is 0 Å². The molecule has 2 rings (SSSR count). The number of nitrogens with two attached hydrogens (primary N) is 1. The number of aryl methyl sites for hydroxylation is 1. The number of piperidine rings is 1. The molecule has 0 bridgehead atoms. The zero-order valence-corrected chi connectivity index (χ0v) is 11.6. The van der Waals surface area contributed by atoms with Crippen molar-refractivity contribution in [3.63, 3.8) is 0 Å². The summed E-state index contributed by atoms with van der Waals surface area (Å²) in [5.41, 5.74) is 5.92. The fourth-order valence-electron chi connectivity index (χ4n) is 2.49. The van der Waals surface area contributed by atoms with E-state index in [2.05, 4.69) is 5.10 Å². The van der Waals surface area contributed by atoms with Crippen LogP contribution in [0.25, 0.3) is 0 Å². The molecule has 0 aromatic carbocycles. The van der Waals surface area contributed by atoms with Crippen LogP contribution in [-0.2, 0) is 17.1 Å². The summed E-state index contributed by atoms with van der Waals surface area (Å²) in [5.74, 6) is 0. The summed E-state index contributed by atoms with van der Waals surface area (Å²) in [6.45, 7) is 2.40. The first-order chi connectivity index (χ1) is 8.44. The lowest BCUT2D eigenvalue weighted by molar-refractivity contribution is 0.226. The van der Waals surface area contributed by atoms with Gasteiger partial charge in [-0.05, 0) is 25.8 Å². The van der Waals surface area contributed by atoms with Gasteiger partial charge in [-0.15, -0.1) is 0 Å². The van der Waals surface area contributed by atoms with Gasteiger partial charge in [0.25, 0.3) is 10.0 Å². The van der Waals surface area contributed by atoms with Gasteiger partial charge in [0.1, 0.15) is 0 Å². The first-order valence-corrected chi connectivity index (χ1v) is 7.64. The van der Waals surface area contributed by atoms with E-state index in [0.29, 0.717) is 6.54 Å². The van der Waals surface area contributed by atoms with Gasteiger partial charge in [0.2, 0.25) is 0 Å². The minimum absolute atomic E-state index is 0.112. The van der Waals surface area contributed by atoms with Crippen molar-refractivity contribution in [3.05, 3.63) is 12.3 Å². The Labute approximate surface area is 108 Å². The van der Waals surface area contributed by atoms with Gasteiger partial charge < -0.3 is 5.73 Å². The number of hydrogen-bond donors (Lipinski definition) is 1. The van der Waals surface area contributed by atoms with Crippen LogP contribution in [0.3, 0.4) is 0 Å². The van der Waals surface area contributed by atoms with E-state index in [0.717, 1.165) is 19.3 Å². The number of sulfonamides is 1. The molecule has 7 heteroatoms. The SMILES string of the molecule is CC(N)C1CCCCN1S(=O)(=O)c1ccnn1C. The first-order valence-electron chi connectivity index (χ1n) is 6.20. The Bertz CT molecular complexity index is 509. The van der Waals surface area contributed by atoms with E-state index < -0.39 is 10.0 Å². The van der Waals surface area contributed by atoms with Gasteiger partial charge in [0, 0.05) is 25.7 Å². The molecule has 1 aliphatic rings. The molecule has 0 spiro atoms. The Morgan fingerprint density at radius 1 is 1.50 bits per heavy atom. The molecular weight excluding hydrogens is 252 g/mol. The third-order valence-corrected chi connectivity index (χ3v) is 5.45. The van der Waals surface area contributed by atoms with Crippen LogP contribution in [-0.4, -0.2) is 41.1 Å². The van der Waals surface area contributed by atoms with Gasteiger partial charge in [0.05, 0.1) is 6.20 Å². The molecular formula is C11H20N4O2S. The van der Waals surface area contributed by atoms with E-state index in [-0.39, 0.29) is 17.1 Å². The molecule has 2 heterocycles. The fourth-order valence-corrected chi connectivity index (χ4v) is 4.37. The molecule has 2 unspecified atom stereocenters. The van der Waals surface area contributed by atoms with Gasteiger partial charge in [-0.3, -0.25) is 4.68 Å². The van der Waals surface area contributed by atoms with Gasteiger partial charge in [-0.25, -0.2) is 8.42 Å². The van der Waals surface area contributed by atoms with Gasteiger partial charge in [-0.2, -0.15) is 9.40 Å². The maximum atomic E-state index is 12.6. The highest BCUT2D eigenvalue weighted by Gasteiger charge is 2.36. The van der Waals surface area contributed by atoms with E-state index in [9.17, 15) is 8.42 Å². The Kier molecular flexibility index (Phi) is 3.74. The smallest absolute Gasteiger partial charge is 0.260 e. The van der Waals surface area contributed by atoms with Crippen LogP contribution in [0.1, 0.15) is 26.2 Å². The Hall–Kier alpha value is -0.920. The van der Waals surface area contributed by atoms with Crippen molar-refractivity contribution < 1.29 is 8.42 Å². The van der Waals surface area contributed by atoms with Crippen LogP contribution in [0.15, 0.2) is 17.3 Å². The standard InChI is InChI=1S/C11H20N4O2S/c1-9(12)10-5-3-4-8-15(10)18(16,17)11-6-7-13-14(11)2/h6-7,9-10H,3-5,8,12H2,1-2H3. The van der Waals surface area contributed by atoms with Crippen LogP contribution >= 0.6 is 0 Å². The molecule has 1 aromatic rings. The molecule has 0 saturated carbocycles. The van der Waals surface area contributed by atoms with E-state index in [1.807, 2.05) is 6.92 Å². The zero-order chi connectivity index (χ0) is 13.3. The van der Waals surface area contributed by atoms with Crippen LogP contribution in [0.2, 0.25) is 0 Å². The minimum atomic E-state index is -3.49. The van der Waals surface area contributed by atoms with Gasteiger partial charge in [0.15, 0.2) is 5.03 Å². The monoisotopic (exact) mass is 272 g/mol. The Morgan fingerprint density at radius 2 is 2.22 bits per heavy atom. The lowest BCUT2D eigenvalue weighted by Crippen LogP contribution is -2.51. The van der Waals surface area contributed by atoms with Crippen molar-refractivity contribution in [1.82, 2.24) is 14.1 Å². The second-order valence-corrected chi connectivity index (χ2v) is 6.67. The van der Waals surface area contributed by atoms with Crippen molar-refractivity contribution in [2.24, 2.45) is 12.8 Å². The quantitative estimate of drug-likeness (QED) is 0.858. The lowest BCUT2D eigenvalue weighted by Gasteiger charge is -2.36. The molecule has 1 aromatic heterocycles. The lowest BCUT2D eigenvalue weighted by atomic mass is 10.00. The van der Waals surface area contributed by atoms with Crippen molar-refractivity contribution in [2.45, 2.75) is 43.3 Å². The fraction of sp³-hybridized carbons (Fsp3) is 0.727. The molecule has 1 saturated heterocycles. The third kappa shape index (κ3) is 2.30. The molecule has 1 fully saturated rings. The first kappa shape index (κ1) is 13.5. The molecule has 102 valence electrons. The summed E-state index contributed by atoms with van der Waals surface area (Å²) in [5, 5.41) is 4.16. The predicted molar refractivity (Wildman–Crippen MR) is 68.4 cm³/mol. The normalized spacial score (nSPS) is 24.1. The Morgan fingerprint density at radius 3 is 2.78 bits per heavy atom. The van der Waals surface area contributed by atoms with Gasteiger partial charge in [-0.1, -0.05) is 6.42 Å². The molecule has 0 aliphatic carbocycles. The summed E-state index contributed by atoms with van der Waals surface area (Å²) in [4.78, 5) is 0. The van der Waals surface area contributed by atoms with E-state index in [4.69, 9.17) is 5.73 Å². The zero-order valence-electron chi connectivity index (χ0n) is 10.8. The van der Waals surface area contributed by atoms with Crippen LogP contribution < -0.4 is 5.73 Å². The number of aromatic nitrogens is 2. The highest BCUT2D eigenvalue weighted by molar-refractivity contribution is 7.89. The maximum absolute atomic E-state index is 12.6. The minimum Gasteiger partial charge on any atom is -0.326 e. The highest BCUT2D eigenvalue weighted by Crippen LogP contribution is 2.26. The number of rotatable bonds is 3. The van der Waals surface area contributed by atoms with Gasteiger partial charge >= 0.3 is 0 Å². The molecule has 18 heavy (non-hydrogen) atoms. The van der Waals surface area contributed by atoms with Crippen LogP contribution in [0.4, 0.5) is 0 Å². The van der Waals surface area contributed by atoms with Crippen LogP contribution in [0.5, 0.6) is 0 Å². The van der Waals surface area contributed by atoms with Crippen LogP contribution in [0, 0.1) is 0 Å². The van der Waals surface area contributed by atoms with E-state index in [1.54, 1.807) is 7.05 Å². The summed E-state index contributed by atoms with van der Waals surface area (Å²) in [6.07, 6.45) is 4.25. The second-order valence-electron chi connectivity index (χ2n) is 4.83. The molecule has 0 radical (unpaired) electrons. The summed E-state index contributed by atoms with van der Waals surface area (Å²) >= 11 is 0. The average Bonchev–Trinajstić information content (AvgIpc) is 2.76.